The van der Waals surface area contributed by atoms with E-state index in [2.05, 4.69) is 72.1 Å². The lowest BCUT2D eigenvalue weighted by Crippen LogP contribution is -2.03. The molecular weight excluding hydrogens is 320 g/mol. The Labute approximate surface area is 153 Å². The van der Waals surface area contributed by atoms with Gasteiger partial charge in [-0.25, -0.2) is 19.9 Å². The monoisotopic (exact) mass is 342 g/mol. The smallest absolute Gasteiger partial charge is 0.129 e. The van der Waals surface area contributed by atoms with E-state index in [9.17, 15) is 0 Å². The lowest BCUT2D eigenvalue weighted by Gasteiger charge is -2.12. The zero-order chi connectivity index (χ0) is 18.1. The van der Waals surface area contributed by atoms with Crippen LogP contribution in [-0.4, -0.2) is 19.9 Å². The largest absolute Gasteiger partial charge is 0.244 e. The van der Waals surface area contributed by atoms with E-state index in [1.807, 2.05) is 12.4 Å². The van der Waals surface area contributed by atoms with Gasteiger partial charge < -0.3 is 0 Å². The molecule has 2 heterocycles. The molecule has 4 aromatic rings. The SMILES string of the molecule is CC(C)c1ccc2cnc(CC(C)c3ccc4ncncc4c3)nc2c1. The first-order valence-corrected chi connectivity index (χ1v) is 9.05. The summed E-state index contributed by atoms with van der Waals surface area (Å²) in [6.45, 7) is 6.62. The molecule has 4 rings (SSSR count). The van der Waals surface area contributed by atoms with E-state index in [4.69, 9.17) is 4.98 Å². The highest BCUT2D eigenvalue weighted by atomic mass is 14.9. The van der Waals surface area contributed by atoms with Crippen molar-refractivity contribution in [1.29, 1.82) is 0 Å². The molecule has 0 spiro atoms. The van der Waals surface area contributed by atoms with Gasteiger partial charge >= 0.3 is 0 Å². The van der Waals surface area contributed by atoms with Crippen molar-refractivity contribution in [3.05, 3.63) is 72.1 Å². The van der Waals surface area contributed by atoms with Gasteiger partial charge in [-0.1, -0.05) is 39.0 Å². The molecule has 0 bridgehead atoms. The summed E-state index contributed by atoms with van der Waals surface area (Å²) in [7, 11) is 0. The van der Waals surface area contributed by atoms with Crippen molar-refractivity contribution in [2.24, 2.45) is 0 Å². The van der Waals surface area contributed by atoms with Gasteiger partial charge in [0.25, 0.3) is 0 Å². The highest BCUT2D eigenvalue weighted by Crippen LogP contribution is 2.24. The van der Waals surface area contributed by atoms with Gasteiger partial charge in [-0.05, 0) is 41.2 Å². The van der Waals surface area contributed by atoms with E-state index in [0.29, 0.717) is 11.8 Å². The highest BCUT2D eigenvalue weighted by molar-refractivity contribution is 5.79. The van der Waals surface area contributed by atoms with E-state index in [-0.39, 0.29) is 0 Å². The van der Waals surface area contributed by atoms with E-state index < -0.39 is 0 Å². The number of rotatable bonds is 4. The Morgan fingerprint density at radius 2 is 1.65 bits per heavy atom. The third-order valence-corrected chi connectivity index (χ3v) is 4.91. The fourth-order valence-corrected chi connectivity index (χ4v) is 3.24. The first-order valence-electron chi connectivity index (χ1n) is 9.05. The lowest BCUT2D eigenvalue weighted by molar-refractivity contribution is 0.722. The summed E-state index contributed by atoms with van der Waals surface area (Å²) < 4.78 is 0. The van der Waals surface area contributed by atoms with Crippen LogP contribution < -0.4 is 0 Å². The molecule has 0 aliphatic rings. The van der Waals surface area contributed by atoms with Crippen molar-refractivity contribution in [3.63, 3.8) is 0 Å². The second-order valence-corrected chi connectivity index (χ2v) is 7.21. The molecule has 0 aliphatic carbocycles. The summed E-state index contributed by atoms with van der Waals surface area (Å²) in [5.74, 6) is 1.71. The van der Waals surface area contributed by atoms with Crippen LogP contribution in [0.25, 0.3) is 21.8 Å². The third-order valence-electron chi connectivity index (χ3n) is 4.91. The molecule has 0 aliphatic heterocycles. The number of fused-ring (bicyclic) bond motifs is 2. The van der Waals surface area contributed by atoms with Crippen molar-refractivity contribution in [3.8, 4) is 0 Å². The Balaban J connectivity index is 1.62. The molecule has 0 N–H and O–H groups in total. The second kappa shape index (κ2) is 6.79. The molecule has 0 amide bonds. The second-order valence-electron chi connectivity index (χ2n) is 7.21. The first-order chi connectivity index (χ1) is 12.6. The quantitative estimate of drug-likeness (QED) is 0.521. The highest BCUT2D eigenvalue weighted by Gasteiger charge is 2.11. The van der Waals surface area contributed by atoms with E-state index in [1.165, 1.54) is 11.1 Å². The molecule has 0 radical (unpaired) electrons. The van der Waals surface area contributed by atoms with Gasteiger partial charge in [0.2, 0.25) is 0 Å². The van der Waals surface area contributed by atoms with Crippen LogP contribution in [0.5, 0.6) is 0 Å². The van der Waals surface area contributed by atoms with Crippen molar-refractivity contribution in [2.75, 3.05) is 0 Å². The van der Waals surface area contributed by atoms with Gasteiger partial charge in [0.15, 0.2) is 0 Å². The van der Waals surface area contributed by atoms with Gasteiger partial charge in [-0.3, -0.25) is 0 Å². The molecule has 1 unspecified atom stereocenters. The zero-order valence-corrected chi connectivity index (χ0v) is 15.3. The molecule has 1 atom stereocenters. The van der Waals surface area contributed by atoms with Crippen LogP contribution in [0, 0.1) is 0 Å². The zero-order valence-electron chi connectivity index (χ0n) is 15.3. The number of benzene rings is 2. The summed E-state index contributed by atoms with van der Waals surface area (Å²) in [4.78, 5) is 17.8. The normalized spacial score (nSPS) is 12.8. The van der Waals surface area contributed by atoms with Gasteiger partial charge in [-0.2, -0.15) is 0 Å². The average Bonchev–Trinajstić information content (AvgIpc) is 2.67. The van der Waals surface area contributed by atoms with Crippen LogP contribution in [0.3, 0.4) is 0 Å². The Morgan fingerprint density at radius 3 is 2.50 bits per heavy atom. The molecule has 2 aromatic carbocycles. The fraction of sp³-hybridized carbons (Fsp3) is 0.273. The summed E-state index contributed by atoms with van der Waals surface area (Å²) >= 11 is 0. The molecule has 2 aromatic heterocycles. The number of nitrogens with zero attached hydrogens (tertiary/aromatic N) is 4. The minimum absolute atomic E-state index is 0.324. The van der Waals surface area contributed by atoms with E-state index in [1.54, 1.807) is 6.33 Å². The van der Waals surface area contributed by atoms with Crippen molar-refractivity contribution in [1.82, 2.24) is 19.9 Å². The molecule has 4 heteroatoms. The first kappa shape index (κ1) is 16.6. The summed E-state index contributed by atoms with van der Waals surface area (Å²) in [6.07, 6.45) is 6.18. The van der Waals surface area contributed by atoms with Crippen LogP contribution >= 0.6 is 0 Å². The standard InChI is InChI=1S/C22H22N4/c1-14(2)16-4-5-18-12-24-22(26-21(18)10-16)8-15(3)17-6-7-20-19(9-17)11-23-13-25-20/h4-7,9-15H,8H2,1-3H3. The van der Waals surface area contributed by atoms with Gasteiger partial charge in [-0.15, -0.1) is 0 Å². The molecule has 0 fully saturated rings. The average molecular weight is 342 g/mol. The van der Waals surface area contributed by atoms with E-state index >= 15 is 0 Å². The molecule has 26 heavy (non-hydrogen) atoms. The summed E-state index contributed by atoms with van der Waals surface area (Å²) in [5, 5.41) is 2.16. The Morgan fingerprint density at radius 1 is 0.808 bits per heavy atom. The van der Waals surface area contributed by atoms with Crippen LogP contribution in [0.15, 0.2) is 55.1 Å². The van der Waals surface area contributed by atoms with Gasteiger partial charge in [0, 0.05) is 29.6 Å². The predicted molar refractivity (Wildman–Crippen MR) is 105 cm³/mol. The Hall–Kier alpha value is -2.88. The van der Waals surface area contributed by atoms with Crippen LogP contribution in [0.1, 0.15) is 49.6 Å². The minimum atomic E-state index is 0.324. The molecule has 130 valence electrons. The molecule has 0 saturated carbocycles. The summed E-state index contributed by atoms with van der Waals surface area (Å²) in [6, 6.07) is 12.8. The Bertz CT molecular complexity index is 1070. The molecule has 0 saturated heterocycles. The number of hydrogen-bond acceptors (Lipinski definition) is 4. The maximum Gasteiger partial charge on any atom is 0.129 e. The fourth-order valence-electron chi connectivity index (χ4n) is 3.24. The number of aromatic nitrogens is 4. The van der Waals surface area contributed by atoms with Crippen LogP contribution in [-0.2, 0) is 6.42 Å². The maximum absolute atomic E-state index is 4.81. The maximum atomic E-state index is 4.81. The van der Waals surface area contributed by atoms with Crippen molar-refractivity contribution >= 4 is 21.8 Å². The van der Waals surface area contributed by atoms with Crippen molar-refractivity contribution in [2.45, 2.75) is 39.0 Å². The molecule has 4 nitrogen and oxygen atoms in total. The summed E-state index contributed by atoms with van der Waals surface area (Å²) in [5.41, 5.74) is 4.57. The third kappa shape index (κ3) is 3.27. The van der Waals surface area contributed by atoms with Gasteiger partial charge in [0.1, 0.15) is 12.2 Å². The topological polar surface area (TPSA) is 51.6 Å². The number of hydrogen-bond donors (Lipinski definition) is 0. The van der Waals surface area contributed by atoms with Crippen LogP contribution in [0.2, 0.25) is 0 Å². The minimum Gasteiger partial charge on any atom is -0.244 e. The van der Waals surface area contributed by atoms with Gasteiger partial charge in [0.05, 0.1) is 11.0 Å². The lowest BCUT2D eigenvalue weighted by atomic mass is 9.96. The Kier molecular flexibility index (Phi) is 4.33. The molecular formula is C22H22N4. The van der Waals surface area contributed by atoms with E-state index in [0.717, 1.165) is 34.1 Å². The predicted octanol–water partition coefficient (Wildman–Crippen LogP) is 5.04. The van der Waals surface area contributed by atoms with Crippen molar-refractivity contribution < 1.29 is 0 Å². The van der Waals surface area contributed by atoms with Crippen LogP contribution in [0.4, 0.5) is 0 Å².